The van der Waals surface area contributed by atoms with Crippen LogP contribution in [0.1, 0.15) is 40.0 Å². The highest BCUT2D eigenvalue weighted by atomic mass is 16.5. The average Bonchev–Trinajstić information content (AvgIpc) is 2.53. The van der Waals surface area contributed by atoms with Crippen LogP contribution in [0.4, 0.5) is 0 Å². The zero-order valence-electron chi connectivity index (χ0n) is 10.4. The summed E-state index contributed by atoms with van der Waals surface area (Å²) in [5, 5.41) is 0. The Morgan fingerprint density at radius 2 is 1.93 bits per heavy atom. The lowest BCUT2D eigenvalue weighted by Gasteiger charge is -2.09. The largest absolute Gasteiger partial charge is 0.381 e. The van der Waals surface area contributed by atoms with E-state index in [-0.39, 0.29) is 0 Å². The van der Waals surface area contributed by atoms with Crippen LogP contribution in [0.15, 0.2) is 0 Å². The second-order valence-corrected chi connectivity index (χ2v) is 4.20. The van der Waals surface area contributed by atoms with Crippen molar-refractivity contribution in [3.8, 4) is 0 Å². The number of ether oxygens (including phenoxy) is 1. The Morgan fingerprint density at radius 3 is 2.36 bits per heavy atom. The second kappa shape index (κ2) is 9.47. The molecule has 2 nitrogen and oxygen atoms in total. The molecule has 1 atom stereocenters. The third-order valence-corrected chi connectivity index (χ3v) is 2.19. The summed E-state index contributed by atoms with van der Waals surface area (Å²) < 4.78 is 5.49. The monoisotopic (exact) mass is 201 g/mol. The molecule has 1 unspecified atom stereocenters. The van der Waals surface area contributed by atoms with Crippen LogP contribution in [0.5, 0.6) is 0 Å². The summed E-state index contributed by atoms with van der Waals surface area (Å²) >= 11 is 0. The second-order valence-electron chi connectivity index (χ2n) is 4.20. The van der Waals surface area contributed by atoms with E-state index in [1.54, 1.807) is 0 Å². The maximum absolute atomic E-state index is 5.49. The van der Waals surface area contributed by atoms with E-state index in [4.69, 9.17) is 4.74 Å². The van der Waals surface area contributed by atoms with Crippen molar-refractivity contribution in [2.75, 3.05) is 33.4 Å². The van der Waals surface area contributed by atoms with Crippen LogP contribution in [0, 0.1) is 5.92 Å². The molecule has 2 heteroatoms. The van der Waals surface area contributed by atoms with Gasteiger partial charge in [0.15, 0.2) is 0 Å². The molecule has 0 aromatic heterocycles. The number of likely N-dealkylation sites (tertiary alicyclic amines) is 1. The van der Waals surface area contributed by atoms with Crippen molar-refractivity contribution in [2.24, 2.45) is 5.92 Å². The Hall–Kier alpha value is -0.0800. The van der Waals surface area contributed by atoms with E-state index in [2.05, 4.69) is 32.7 Å². The zero-order valence-corrected chi connectivity index (χ0v) is 10.4. The summed E-state index contributed by atoms with van der Waals surface area (Å²) in [6, 6.07) is 0. The molecule has 0 amide bonds. The average molecular weight is 201 g/mol. The fourth-order valence-corrected chi connectivity index (χ4v) is 1.56. The van der Waals surface area contributed by atoms with Gasteiger partial charge in [-0.05, 0) is 32.4 Å². The fraction of sp³-hybridized carbons (Fsp3) is 1.00. The molecule has 0 saturated carbocycles. The first-order valence-electron chi connectivity index (χ1n) is 6.00. The molecule has 1 fully saturated rings. The molecule has 0 aromatic carbocycles. The van der Waals surface area contributed by atoms with Crippen molar-refractivity contribution in [3.05, 3.63) is 0 Å². The van der Waals surface area contributed by atoms with Crippen molar-refractivity contribution in [3.63, 3.8) is 0 Å². The first kappa shape index (κ1) is 13.9. The normalized spacial score (nSPS) is 21.9. The van der Waals surface area contributed by atoms with Gasteiger partial charge in [0.05, 0.1) is 6.61 Å². The molecule has 0 N–H and O–H groups in total. The maximum Gasteiger partial charge on any atom is 0.0506 e. The van der Waals surface area contributed by atoms with E-state index in [0.717, 1.165) is 25.6 Å². The van der Waals surface area contributed by atoms with E-state index in [0.29, 0.717) is 0 Å². The van der Waals surface area contributed by atoms with Crippen molar-refractivity contribution in [1.29, 1.82) is 0 Å². The standard InChI is InChI=1S/C9H19NO.C3H8/c1-3-6-11-8-9-4-5-10(2)7-9;1-3-2/h9H,3-8H2,1-2H3;3H2,1-2H3. The first-order valence-corrected chi connectivity index (χ1v) is 6.00. The third-order valence-electron chi connectivity index (χ3n) is 2.19. The molecule has 0 aromatic rings. The summed E-state index contributed by atoms with van der Waals surface area (Å²) in [7, 11) is 2.18. The molecule has 0 bridgehead atoms. The topological polar surface area (TPSA) is 12.5 Å². The molecule has 0 radical (unpaired) electrons. The molecule has 0 aliphatic carbocycles. The van der Waals surface area contributed by atoms with E-state index >= 15 is 0 Å². The summed E-state index contributed by atoms with van der Waals surface area (Å²) in [5.41, 5.74) is 0. The fourth-order valence-electron chi connectivity index (χ4n) is 1.56. The van der Waals surface area contributed by atoms with Gasteiger partial charge >= 0.3 is 0 Å². The predicted octanol–water partition coefficient (Wildman–Crippen LogP) is 2.78. The SMILES string of the molecule is CCC.CCCOCC1CCN(C)C1. The summed E-state index contributed by atoms with van der Waals surface area (Å²) in [5.74, 6) is 0.798. The van der Waals surface area contributed by atoms with E-state index < -0.39 is 0 Å². The van der Waals surface area contributed by atoms with Crippen LogP contribution in [0.2, 0.25) is 0 Å². The Balaban J connectivity index is 0.000000500. The Bertz CT molecular complexity index is 117. The lowest BCUT2D eigenvalue weighted by Crippen LogP contribution is -2.16. The van der Waals surface area contributed by atoms with Crippen LogP contribution in [0.25, 0.3) is 0 Å². The van der Waals surface area contributed by atoms with Gasteiger partial charge in [-0.15, -0.1) is 0 Å². The van der Waals surface area contributed by atoms with E-state index in [1.165, 1.54) is 25.9 Å². The van der Waals surface area contributed by atoms with Gasteiger partial charge in [-0.3, -0.25) is 0 Å². The van der Waals surface area contributed by atoms with Crippen molar-refractivity contribution >= 4 is 0 Å². The third kappa shape index (κ3) is 7.34. The van der Waals surface area contributed by atoms with Crippen molar-refractivity contribution < 1.29 is 4.74 Å². The highest BCUT2D eigenvalue weighted by Gasteiger charge is 2.18. The summed E-state index contributed by atoms with van der Waals surface area (Å²) in [6.45, 7) is 10.8. The highest BCUT2D eigenvalue weighted by molar-refractivity contribution is 4.71. The van der Waals surface area contributed by atoms with Crippen LogP contribution in [-0.4, -0.2) is 38.3 Å². The summed E-state index contributed by atoms with van der Waals surface area (Å²) in [6.07, 6.45) is 3.71. The molecule has 0 spiro atoms. The summed E-state index contributed by atoms with van der Waals surface area (Å²) in [4.78, 5) is 2.37. The quantitative estimate of drug-likeness (QED) is 0.649. The number of nitrogens with zero attached hydrogens (tertiary/aromatic N) is 1. The molecule has 1 aliphatic heterocycles. The van der Waals surface area contributed by atoms with E-state index in [9.17, 15) is 0 Å². The zero-order chi connectivity index (χ0) is 10.8. The first-order chi connectivity index (χ1) is 6.74. The van der Waals surface area contributed by atoms with Gasteiger partial charge in [0.25, 0.3) is 0 Å². The predicted molar refractivity (Wildman–Crippen MR) is 62.7 cm³/mol. The van der Waals surface area contributed by atoms with Gasteiger partial charge in [-0.1, -0.05) is 27.2 Å². The molecule has 1 heterocycles. The minimum atomic E-state index is 0.798. The van der Waals surface area contributed by atoms with Gasteiger partial charge in [-0.25, -0.2) is 0 Å². The van der Waals surface area contributed by atoms with Gasteiger partial charge in [-0.2, -0.15) is 0 Å². The van der Waals surface area contributed by atoms with Crippen molar-refractivity contribution in [2.45, 2.75) is 40.0 Å². The number of hydrogen-bond donors (Lipinski definition) is 0. The Kier molecular flexibility index (Phi) is 9.42. The maximum atomic E-state index is 5.49. The van der Waals surface area contributed by atoms with Gasteiger partial charge in [0, 0.05) is 13.2 Å². The molecule has 1 saturated heterocycles. The number of hydrogen-bond acceptors (Lipinski definition) is 2. The number of rotatable bonds is 4. The van der Waals surface area contributed by atoms with Crippen molar-refractivity contribution in [1.82, 2.24) is 4.90 Å². The highest BCUT2D eigenvalue weighted by Crippen LogP contribution is 2.14. The smallest absolute Gasteiger partial charge is 0.0506 e. The van der Waals surface area contributed by atoms with E-state index in [1.807, 2.05) is 0 Å². The molecule has 1 aliphatic rings. The minimum Gasteiger partial charge on any atom is -0.381 e. The minimum absolute atomic E-state index is 0.798. The molecule has 14 heavy (non-hydrogen) atoms. The van der Waals surface area contributed by atoms with Gasteiger partial charge < -0.3 is 9.64 Å². The van der Waals surface area contributed by atoms with Crippen LogP contribution < -0.4 is 0 Å². The Morgan fingerprint density at radius 1 is 1.29 bits per heavy atom. The molecule has 86 valence electrons. The molecular formula is C12H27NO. The molecular weight excluding hydrogens is 174 g/mol. The van der Waals surface area contributed by atoms with Crippen LogP contribution in [0.3, 0.4) is 0 Å². The molecule has 1 rings (SSSR count). The van der Waals surface area contributed by atoms with Crippen LogP contribution >= 0.6 is 0 Å². The van der Waals surface area contributed by atoms with Crippen LogP contribution in [-0.2, 0) is 4.74 Å². The lowest BCUT2D eigenvalue weighted by atomic mass is 10.1. The lowest BCUT2D eigenvalue weighted by molar-refractivity contribution is 0.103. The van der Waals surface area contributed by atoms with Gasteiger partial charge in [0.2, 0.25) is 0 Å². The van der Waals surface area contributed by atoms with Gasteiger partial charge in [0.1, 0.15) is 0 Å². The Labute approximate surface area is 89.6 Å².